The quantitative estimate of drug-likeness (QED) is 0.0885. The van der Waals surface area contributed by atoms with Gasteiger partial charge in [0.2, 0.25) is 11.8 Å². The highest BCUT2D eigenvalue weighted by atomic mass is 32.1. The van der Waals surface area contributed by atoms with Gasteiger partial charge in [0.05, 0.1) is 12.0 Å². The standard InChI is InChI=1S/C46H68N6O8S/c1-8-19-52(43(55)39(28(6)10-3)49-41(54)36-15-11-12-20-51(36)7)37(27(4)5)23-38(59-21-9-2)42-48-35(26-61-42)40(53)50-46-24-32(44(56)57)31-22-29(16-17-30(31)33(46)25-46)60-45(58)34-14-13-18-47-34/h16-17,22,26-28,32-34,36-39,47H,8-15,18-21,23-25H2,1-7H3,(H,49,54)(H,50,53)(H,56,57)/t28-,32+,33?,34+,36+,37+,38+,39-,46?/m0/s1. The van der Waals surface area contributed by atoms with Gasteiger partial charge >= 0.3 is 11.9 Å². The van der Waals surface area contributed by atoms with Crippen LogP contribution in [0.5, 0.6) is 5.75 Å². The first-order chi connectivity index (χ1) is 29.2. The van der Waals surface area contributed by atoms with E-state index < -0.39 is 29.6 Å². The number of esters is 1. The minimum atomic E-state index is -1.00. The lowest BCUT2D eigenvalue weighted by Crippen LogP contribution is -2.58. The van der Waals surface area contributed by atoms with Crippen LogP contribution >= 0.6 is 11.3 Å². The molecule has 2 aromatic rings. The molecule has 336 valence electrons. The number of likely N-dealkylation sites (tertiary alicyclic amines) is 1. The van der Waals surface area contributed by atoms with Crippen molar-refractivity contribution in [2.45, 2.75) is 160 Å². The van der Waals surface area contributed by atoms with Gasteiger partial charge in [0, 0.05) is 42.5 Å². The van der Waals surface area contributed by atoms with Gasteiger partial charge in [-0.2, -0.15) is 0 Å². The van der Waals surface area contributed by atoms with E-state index >= 15 is 0 Å². The number of piperidine rings is 1. The van der Waals surface area contributed by atoms with E-state index in [0.29, 0.717) is 48.7 Å². The number of nitrogens with one attached hydrogen (secondary N) is 3. The molecule has 0 spiro atoms. The summed E-state index contributed by atoms with van der Waals surface area (Å²) < 4.78 is 12.1. The molecular weight excluding hydrogens is 797 g/mol. The van der Waals surface area contributed by atoms with Gasteiger partial charge in [-0.15, -0.1) is 11.3 Å². The molecule has 3 fully saturated rings. The maximum Gasteiger partial charge on any atom is 0.328 e. The molecule has 2 saturated heterocycles. The molecule has 6 rings (SSSR count). The zero-order valence-electron chi connectivity index (χ0n) is 37.2. The van der Waals surface area contributed by atoms with E-state index in [1.165, 1.54) is 11.3 Å². The highest BCUT2D eigenvalue weighted by molar-refractivity contribution is 7.09. The van der Waals surface area contributed by atoms with Gasteiger partial charge in [0.25, 0.3) is 5.91 Å². The number of aliphatic carboxylic acids is 1. The minimum Gasteiger partial charge on any atom is -0.481 e. The number of carboxylic acids is 1. The molecule has 2 unspecified atom stereocenters. The molecule has 0 bridgehead atoms. The fraction of sp³-hybridized carbons (Fsp3) is 0.696. The molecule has 1 aromatic carbocycles. The number of rotatable bonds is 20. The van der Waals surface area contributed by atoms with Crippen molar-refractivity contribution in [3.63, 3.8) is 0 Å². The number of likely N-dealkylation sites (N-methyl/N-ethyl adjacent to an activating group) is 1. The summed E-state index contributed by atoms with van der Waals surface area (Å²) in [4.78, 5) is 76.6. The largest absolute Gasteiger partial charge is 0.481 e. The number of nitrogens with zero attached hydrogens (tertiary/aromatic N) is 3. The number of hydrogen-bond acceptors (Lipinski definition) is 11. The summed E-state index contributed by atoms with van der Waals surface area (Å²) in [6.07, 6.45) is 7.45. The van der Waals surface area contributed by atoms with Gasteiger partial charge in [-0.25, -0.2) is 9.78 Å². The third-order valence-electron chi connectivity index (χ3n) is 13.5. The third-order valence-corrected chi connectivity index (χ3v) is 14.4. The lowest BCUT2D eigenvalue weighted by molar-refractivity contribution is -0.143. The molecule has 2 aliphatic heterocycles. The predicted molar refractivity (Wildman–Crippen MR) is 234 cm³/mol. The molecule has 1 saturated carbocycles. The van der Waals surface area contributed by atoms with E-state index in [2.05, 4.69) is 41.6 Å². The average molecular weight is 865 g/mol. The van der Waals surface area contributed by atoms with Crippen molar-refractivity contribution in [1.29, 1.82) is 0 Å². The van der Waals surface area contributed by atoms with Crippen molar-refractivity contribution in [3.8, 4) is 5.75 Å². The lowest BCUT2D eigenvalue weighted by Gasteiger charge is -2.40. The van der Waals surface area contributed by atoms with Crippen LogP contribution in [0.1, 0.15) is 157 Å². The van der Waals surface area contributed by atoms with Gasteiger partial charge < -0.3 is 35.4 Å². The molecule has 1 aromatic heterocycles. The van der Waals surface area contributed by atoms with Crippen LogP contribution in [0.25, 0.3) is 0 Å². The number of carbonyl (C=O) groups is 5. The Morgan fingerprint density at radius 1 is 1.05 bits per heavy atom. The molecule has 4 N–H and O–H groups in total. The first-order valence-corrected chi connectivity index (χ1v) is 23.6. The summed E-state index contributed by atoms with van der Waals surface area (Å²) in [5.41, 5.74) is 0.951. The number of amides is 3. The molecule has 4 aliphatic rings. The maximum absolute atomic E-state index is 14.7. The van der Waals surface area contributed by atoms with Crippen LogP contribution in [0.3, 0.4) is 0 Å². The fourth-order valence-electron chi connectivity index (χ4n) is 9.64. The van der Waals surface area contributed by atoms with E-state index in [9.17, 15) is 29.1 Å². The lowest BCUT2D eigenvalue weighted by atomic mass is 9.80. The average Bonchev–Trinajstić information content (AvgIpc) is 3.55. The topological polar surface area (TPSA) is 180 Å². The van der Waals surface area contributed by atoms with Gasteiger partial charge in [-0.05, 0) is 107 Å². The molecule has 61 heavy (non-hydrogen) atoms. The number of carbonyl (C=O) groups excluding carboxylic acids is 4. The summed E-state index contributed by atoms with van der Waals surface area (Å²) >= 11 is 1.34. The van der Waals surface area contributed by atoms with E-state index in [1.807, 2.05) is 38.8 Å². The van der Waals surface area contributed by atoms with Crippen molar-refractivity contribution >= 4 is 41.0 Å². The Labute approximate surface area is 365 Å². The van der Waals surface area contributed by atoms with Crippen LogP contribution in [0.15, 0.2) is 23.6 Å². The van der Waals surface area contributed by atoms with Crippen LogP contribution in [0, 0.1) is 11.8 Å². The Balaban J connectivity index is 1.17. The number of fused-ring (bicyclic) bond motifs is 3. The van der Waals surface area contributed by atoms with Gasteiger partial charge in [0.1, 0.15) is 34.6 Å². The second-order valence-electron chi connectivity index (χ2n) is 18.2. The maximum atomic E-state index is 14.7. The second kappa shape index (κ2) is 20.5. The normalized spacial score (nSPS) is 25.4. The Kier molecular flexibility index (Phi) is 15.7. The SMILES string of the molecule is CCCO[C@H](C[C@H](C(C)C)N(CCC)C(=O)[C@@H](NC(=O)[C@H]1CCCCN1C)[C@@H](C)CC)c1nc(C(=O)NC23CC2c2ccc(OC(=O)[C@H]4CCCN4)cc2[C@H](C(=O)O)C3)cs1. The van der Waals surface area contributed by atoms with Gasteiger partial charge in [0.15, 0.2) is 0 Å². The van der Waals surface area contributed by atoms with Crippen LogP contribution in [0.4, 0.5) is 0 Å². The van der Waals surface area contributed by atoms with E-state index in [1.54, 1.807) is 17.5 Å². The van der Waals surface area contributed by atoms with Crippen LogP contribution in [-0.2, 0) is 23.9 Å². The second-order valence-corrected chi connectivity index (χ2v) is 19.1. The van der Waals surface area contributed by atoms with Crippen molar-refractivity contribution < 1.29 is 38.6 Å². The summed E-state index contributed by atoms with van der Waals surface area (Å²) in [7, 11) is 1.98. The summed E-state index contributed by atoms with van der Waals surface area (Å²) in [5.74, 6) is -2.58. The fourth-order valence-corrected chi connectivity index (χ4v) is 10.5. The monoisotopic (exact) mass is 864 g/mol. The Bertz CT molecular complexity index is 1880. The van der Waals surface area contributed by atoms with Crippen LogP contribution in [0.2, 0.25) is 0 Å². The highest BCUT2D eigenvalue weighted by Gasteiger charge is 2.61. The van der Waals surface area contributed by atoms with Crippen LogP contribution < -0.4 is 20.7 Å². The molecule has 3 amide bonds. The first-order valence-electron chi connectivity index (χ1n) is 22.7. The molecule has 2 aliphatic carbocycles. The number of aromatic nitrogens is 1. The van der Waals surface area contributed by atoms with Crippen molar-refractivity contribution in [3.05, 3.63) is 45.4 Å². The minimum absolute atomic E-state index is 0.0541. The predicted octanol–water partition coefficient (Wildman–Crippen LogP) is 6.16. The molecule has 9 atom stereocenters. The number of carboxylic acid groups (broad SMARTS) is 1. The number of ether oxygens (including phenoxy) is 2. The molecular formula is C46H68N6O8S. The summed E-state index contributed by atoms with van der Waals surface area (Å²) in [6, 6.07) is 3.69. The molecule has 0 radical (unpaired) electrons. The van der Waals surface area contributed by atoms with Gasteiger partial charge in [-0.1, -0.05) is 60.5 Å². The number of benzene rings is 1. The number of thiazole rings is 1. The third kappa shape index (κ3) is 10.7. The Hall–Kier alpha value is -3.92. The molecule has 15 heteroatoms. The van der Waals surface area contributed by atoms with Crippen molar-refractivity contribution in [2.75, 3.05) is 33.3 Å². The van der Waals surface area contributed by atoms with Crippen molar-refractivity contribution in [1.82, 2.24) is 30.7 Å². The summed E-state index contributed by atoms with van der Waals surface area (Å²) in [5, 5.41) is 22.2. The Morgan fingerprint density at radius 2 is 1.84 bits per heavy atom. The molecule has 3 heterocycles. The zero-order chi connectivity index (χ0) is 44.0. The zero-order valence-corrected chi connectivity index (χ0v) is 38.0. The molecule has 14 nitrogen and oxygen atoms in total. The van der Waals surface area contributed by atoms with E-state index in [-0.39, 0.29) is 71.7 Å². The highest BCUT2D eigenvalue weighted by Crippen LogP contribution is 2.61. The van der Waals surface area contributed by atoms with Gasteiger partial charge in [-0.3, -0.25) is 24.1 Å². The smallest absolute Gasteiger partial charge is 0.328 e. The van der Waals surface area contributed by atoms with Crippen molar-refractivity contribution in [2.24, 2.45) is 11.8 Å². The van der Waals surface area contributed by atoms with E-state index in [0.717, 1.165) is 63.6 Å². The summed E-state index contributed by atoms with van der Waals surface area (Å²) in [6.45, 7) is 15.0. The van der Waals surface area contributed by atoms with Crippen LogP contribution in [-0.4, -0.2) is 113 Å². The number of hydrogen-bond donors (Lipinski definition) is 4. The Morgan fingerprint density at radius 3 is 2.49 bits per heavy atom. The first kappa shape index (κ1) is 46.6. The van der Waals surface area contributed by atoms with E-state index in [4.69, 9.17) is 14.5 Å².